The lowest BCUT2D eigenvalue weighted by Gasteiger charge is -2.12. The summed E-state index contributed by atoms with van der Waals surface area (Å²) >= 11 is 11.6. The van der Waals surface area contributed by atoms with E-state index in [-0.39, 0.29) is 5.28 Å². The minimum absolute atomic E-state index is 0.189. The van der Waals surface area contributed by atoms with Gasteiger partial charge in [0.05, 0.1) is 6.20 Å². The predicted octanol–water partition coefficient (Wildman–Crippen LogP) is 3.43. The highest BCUT2D eigenvalue weighted by atomic mass is 35.5. The molecule has 78 valence electrons. The zero-order valence-electron chi connectivity index (χ0n) is 7.87. The molecule has 0 atom stereocenters. The summed E-state index contributed by atoms with van der Waals surface area (Å²) in [6.07, 6.45) is 9.57. The zero-order chi connectivity index (χ0) is 10.7. The maximum Gasteiger partial charge on any atom is 0.224 e. The Morgan fingerprint density at radius 1 is 1.33 bits per heavy atom. The fourth-order valence-electron chi connectivity index (χ4n) is 1.29. The van der Waals surface area contributed by atoms with E-state index in [4.69, 9.17) is 23.2 Å². The number of nitrogens with zero attached hydrogens (tertiary/aromatic N) is 2. The number of anilines is 1. The fourth-order valence-corrected chi connectivity index (χ4v) is 1.56. The minimum Gasteiger partial charge on any atom is -0.342 e. The van der Waals surface area contributed by atoms with E-state index in [1.54, 1.807) is 0 Å². The highest BCUT2D eigenvalue weighted by molar-refractivity contribution is 6.33. The second-order valence-electron chi connectivity index (χ2n) is 3.12. The number of nitrogens with one attached hydrogen (secondary N) is 1. The van der Waals surface area contributed by atoms with Gasteiger partial charge in [0.25, 0.3) is 0 Å². The van der Waals surface area contributed by atoms with Gasteiger partial charge in [-0.05, 0) is 30.5 Å². The Morgan fingerprint density at radius 3 is 2.93 bits per heavy atom. The van der Waals surface area contributed by atoms with Crippen LogP contribution in [-0.4, -0.2) is 9.97 Å². The topological polar surface area (TPSA) is 37.8 Å². The van der Waals surface area contributed by atoms with Crippen LogP contribution in [0.15, 0.2) is 30.1 Å². The van der Waals surface area contributed by atoms with E-state index in [2.05, 4.69) is 21.4 Å². The molecule has 0 saturated heterocycles. The molecule has 1 aliphatic rings. The smallest absolute Gasteiger partial charge is 0.224 e. The molecule has 1 aliphatic carbocycles. The van der Waals surface area contributed by atoms with Crippen LogP contribution in [0.2, 0.25) is 10.3 Å². The lowest BCUT2D eigenvalue weighted by Crippen LogP contribution is -2.04. The van der Waals surface area contributed by atoms with Crippen molar-refractivity contribution in [1.82, 2.24) is 9.97 Å². The maximum absolute atomic E-state index is 5.92. The Balaban J connectivity index is 2.19. The van der Waals surface area contributed by atoms with Gasteiger partial charge >= 0.3 is 0 Å². The highest BCUT2D eigenvalue weighted by Gasteiger charge is 2.06. The molecule has 0 saturated carbocycles. The van der Waals surface area contributed by atoms with Crippen LogP contribution in [-0.2, 0) is 0 Å². The van der Waals surface area contributed by atoms with Crippen molar-refractivity contribution in [2.45, 2.75) is 12.8 Å². The Kier molecular flexibility index (Phi) is 3.23. The second kappa shape index (κ2) is 4.64. The molecule has 5 heteroatoms. The fraction of sp³-hybridized carbons (Fsp3) is 0.200. The Labute approximate surface area is 97.8 Å². The molecule has 3 nitrogen and oxygen atoms in total. The number of aromatic nitrogens is 2. The van der Waals surface area contributed by atoms with Gasteiger partial charge in [-0.15, -0.1) is 0 Å². The Morgan fingerprint density at radius 2 is 2.20 bits per heavy atom. The molecule has 0 amide bonds. The molecular formula is C10H9Cl2N3. The molecule has 0 spiro atoms. The van der Waals surface area contributed by atoms with Gasteiger partial charge in [0.1, 0.15) is 5.02 Å². The van der Waals surface area contributed by atoms with Crippen LogP contribution >= 0.6 is 23.2 Å². The summed E-state index contributed by atoms with van der Waals surface area (Å²) in [5, 5.41) is 3.79. The Bertz CT molecular complexity index is 427. The second-order valence-corrected chi connectivity index (χ2v) is 3.86. The molecular weight excluding hydrogens is 233 g/mol. The monoisotopic (exact) mass is 241 g/mol. The van der Waals surface area contributed by atoms with Crippen molar-refractivity contribution in [2.75, 3.05) is 5.32 Å². The molecule has 0 aromatic carbocycles. The highest BCUT2D eigenvalue weighted by Crippen LogP contribution is 2.23. The third-order valence-electron chi connectivity index (χ3n) is 2.01. The van der Waals surface area contributed by atoms with Gasteiger partial charge in [-0.3, -0.25) is 0 Å². The number of halogens is 2. The third kappa shape index (κ3) is 2.70. The molecule has 2 rings (SSSR count). The molecule has 0 fully saturated rings. The molecule has 0 aliphatic heterocycles. The maximum atomic E-state index is 5.92. The van der Waals surface area contributed by atoms with E-state index in [1.165, 1.54) is 6.20 Å². The van der Waals surface area contributed by atoms with E-state index in [0.717, 1.165) is 18.5 Å². The average Bonchev–Trinajstić information content (AvgIpc) is 2.25. The van der Waals surface area contributed by atoms with Gasteiger partial charge in [0, 0.05) is 5.70 Å². The van der Waals surface area contributed by atoms with Crippen molar-refractivity contribution >= 4 is 29.0 Å². The largest absolute Gasteiger partial charge is 0.342 e. The molecule has 1 heterocycles. The van der Waals surface area contributed by atoms with Crippen LogP contribution < -0.4 is 5.32 Å². The van der Waals surface area contributed by atoms with Gasteiger partial charge in [-0.2, -0.15) is 4.98 Å². The molecule has 0 radical (unpaired) electrons. The average molecular weight is 242 g/mol. The molecule has 1 N–H and O–H groups in total. The zero-order valence-corrected chi connectivity index (χ0v) is 9.39. The predicted molar refractivity (Wildman–Crippen MR) is 62.1 cm³/mol. The van der Waals surface area contributed by atoms with Crippen molar-refractivity contribution in [3.05, 3.63) is 40.4 Å². The van der Waals surface area contributed by atoms with Crippen molar-refractivity contribution < 1.29 is 0 Å². The van der Waals surface area contributed by atoms with E-state index in [9.17, 15) is 0 Å². The third-order valence-corrected chi connectivity index (χ3v) is 2.47. The van der Waals surface area contributed by atoms with E-state index >= 15 is 0 Å². The molecule has 1 aromatic rings. The number of rotatable bonds is 2. The summed E-state index contributed by atoms with van der Waals surface area (Å²) in [7, 11) is 0. The number of allylic oxidation sites excluding steroid dienone is 4. The number of hydrogen-bond acceptors (Lipinski definition) is 3. The van der Waals surface area contributed by atoms with Crippen molar-refractivity contribution in [3.63, 3.8) is 0 Å². The molecule has 0 bridgehead atoms. The van der Waals surface area contributed by atoms with Crippen LogP contribution in [0.4, 0.5) is 5.82 Å². The van der Waals surface area contributed by atoms with Crippen LogP contribution in [0.3, 0.4) is 0 Å². The number of hydrogen-bond donors (Lipinski definition) is 1. The molecule has 0 unspecified atom stereocenters. The molecule has 15 heavy (non-hydrogen) atoms. The van der Waals surface area contributed by atoms with Crippen LogP contribution in [0.5, 0.6) is 0 Å². The first-order valence-electron chi connectivity index (χ1n) is 4.56. The van der Waals surface area contributed by atoms with Gasteiger partial charge in [-0.25, -0.2) is 4.98 Å². The lowest BCUT2D eigenvalue weighted by atomic mass is 10.1. The summed E-state index contributed by atoms with van der Waals surface area (Å²) in [5.74, 6) is 0.554. The summed E-state index contributed by atoms with van der Waals surface area (Å²) < 4.78 is 0. The summed E-state index contributed by atoms with van der Waals surface area (Å²) in [6, 6.07) is 0. The summed E-state index contributed by atoms with van der Waals surface area (Å²) in [6.45, 7) is 0. The lowest BCUT2D eigenvalue weighted by molar-refractivity contribution is 0.960. The first-order chi connectivity index (χ1) is 7.25. The van der Waals surface area contributed by atoms with E-state index in [1.807, 2.05) is 12.2 Å². The van der Waals surface area contributed by atoms with Gasteiger partial charge in [-0.1, -0.05) is 23.8 Å². The van der Waals surface area contributed by atoms with Crippen LogP contribution in [0, 0.1) is 0 Å². The quantitative estimate of drug-likeness (QED) is 0.807. The minimum atomic E-state index is 0.189. The van der Waals surface area contributed by atoms with E-state index < -0.39 is 0 Å². The van der Waals surface area contributed by atoms with Gasteiger partial charge in [0.2, 0.25) is 5.28 Å². The Hall–Kier alpha value is -1.06. The SMILES string of the molecule is Clc1ncc(Cl)c(NC2=CC=CCC2)n1. The molecule has 1 aromatic heterocycles. The van der Waals surface area contributed by atoms with Crippen molar-refractivity contribution in [3.8, 4) is 0 Å². The first-order valence-corrected chi connectivity index (χ1v) is 5.32. The van der Waals surface area contributed by atoms with Crippen molar-refractivity contribution in [1.29, 1.82) is 0 Å². The summed E-state index contributed by atoms with van der Waals surface area (Å²) in [5.41, 5.74) is 1.08. The standard InChI is InChI=1S/C10H9Cl2N3/c11-8-6-13-10(12)15-9(8)14-7-4-2-1-3-5-7/h1-2,4,6H,3,5H2,(H,13,14,15). The van der Waals surface area contributed by atoms with Crippen LogP contribution in [0.25, 0.3) is 0 Å². The van der Waals surface area contributed by atoms with Gasteiger partial charge in [0.15, 0.2) is 5.82 Å². The van der Waals surface area contributed by atoms with Gasteiger partial charge < -0.3 is 5.32 Å². The van der Waals surface area contributed by atoms with E-state index in [0.29, 0.717) is 10.8 Å². The first kappa shape index (κ1) is 10.5. The van der Waals surface area contributed by atoms with Crippen LogP contribution in [0.1, 0.15) is 12.8 Å². The van der Waals surface area contributed by atoms with Crippen molar-refractivity contribution in [2.24, 2.45) is 0 Å². The normalized spacial score (nSPS) is 14.9. The summed E-state index contributed by atoms with van der Waals surface area (Å²) in [4.78, 5) is 7.79.